The summed E-state index contributed by atoms with van der Waals surface area (Å²) in [7, 11) is -3.39. The van der Waals surface area contributed by atoms with Crippen molar-refractivity contribution in [2.24, 2.45) is 5.73 Å². The van der Waals surface area contributed by atoms with Crippen molar-refractivity contribution in [3.8, 4) is 0 Å². The summed E-state index contributed by atoms with van der Waals surface area (Å²) < 4.78 is 29.6. The fraction of sp³-hybridized carbons (Fsp3) is 0.452. The normalized spacial score (nSPS) is 18.2. The molecule has 46 heavy (non-hydrogen) atoms. The molecule has 0 fully saturated rings. The molecule has 3 atom stereocenters. The summed E-state index contributed by atoms with van der Waals surface area (Å²) in [6.07, 6.45) is 0.951. The molecule has 15 heteroatoms. The Bertz CT molecular complexity index is 1660. The molecule has 0 aromatic heterocycles. The number of rotatable bonds is 10. The van der Waals surface area contributed by atoms with E-state index in [1.807, 2.05) is 12.1 Å². The number of hydrogen-bond donors (Lipinski definition) is 4. The Morgan fingerprint density at radius 2 is 1.76 bits per heavy atom. The van der Waals surface area contributed by atoms with Gasteiger partial charge in [-0.3, -0.25) is 24.1 Å². The van der Waals surface area contributed by atoms with Crippen molar-refractivity contribution in [1.82, 2.24) is 16.0 Å². The summed E-state index contributed by atoms with van der Waals surface area (Å²) in [5, 5.41) is 8.07. The molecule has 0 aliphatic carbocycles. The molecule has 2 aliphatic rings. The number of ether oxygens (including phenoxy) is 1. The van der Waals surface area contributed by atoms with Gasteiger partial charge in [0.1, 0.15) is 23.7 Å². The molecule has 0 unspecified atom stereocenters. The average Bonchev–Trinajstić information content (AvgIpc) is 3.27. The minimum atomic E-state index is -3.39. The van der Waals surface area contributed by atoms with Crippen LogP contribution in [0.4, 0.5) is 10.5 Å². The number of carbonyl (C=O) groups excluding carboxylic acids is 5. The quantitative estimate of drug-likeness (QED) is 0.286. The van der Waals surface area contributed by atoms with Crippen LogP contribution in [0.3, 0.4) is 0 Å². The van der Waals surface area contributed by atoms with Crippen LogP contribution in [0.25, 0.3) is 0 Å². The molecule has 4 rings (SSSR count). The van der Waals surface area contributed by atoms with Gasteiger partial charge < -0.3 is 26.4 Å². The number of hydrogen-bond acceptors (Lipinski definition) is 8. The smallest absolute Gasteiger partial charge is 0.408 e. The van der Waals surface area contributed by atoms with Crippen LogP contribution in [-0.2, 0) is 53.1 Å². The van der Waals surface area contributed by atoms with Gasteiger partial charge in [-0.1, -0.05) is 28.1 Å². The van der Waals surface area contributed by atoms with Crippen LogP contribution < -0.4 is 26.6 Å². The standard InChI is InChI=1S/C31H38BrN5O8S/c1-31(2,3)45-30(42)36-23-10-7-18-13-20(32)14-19-15-24(37(26(18)19)29(23)41)28(40)35-22(11-12-25(33)38)27(39)34-16-17-5-8-21(9-6-17)46(4,43)44/h5-6,8-9,13-14,22-24H,7,10-12,15-16H2,1-4H3,(H2,33,38)(H,34,39)(H,35,40)(H,36,42)/t22-,23-,24-/m0/s1. The van der Waals surface area contributed by atoms with Crippen LogP contribution in [0, 0.1) is 0 Å². The van der Waals surface area contributed by atoms with Crippen molar-refractivity contribution in [3.05, 3.63) is 57.6 Å². The van der Waals surface area contributed by atoms with Crippen LogP contribution in [0.2, 0.25) is 0 Å². The molecule has 2 aromatic rings. The highest BCUT2D eigenvalue weighted by Crippen LogP contribution is 2.41. The number of carbonyl (C=O) groups is 5. The Morgan fingerprint density at radius 1 is 1.11 bits per heavy atom. The molecule has 2 aromatic carbocycles. The summed E-state index contributed by atoms with van der Waals surface area (Å²) >= 11 is 3.51. The third-order valence-corrected chi connectivity index (χ3v) is 9.15. The maximum absolute atomic E-state index is 13.9. The lowest BCUT2D eigenvalue weighted by Crippen LogP contribution is -2.57. The highest BCUT2D eigenvalue weighted by atomic mass is 79.9. The van der Waals surface area contributed by atoms with Crippen molar-refractivity contribution in [3.63, 3.8) is 0 Å². The van der Waals surface area contributed by atoms with E-state index in [9.17, 15) is 32.4 Å². The summed E-state index contributed by atoms with van der Waals surface area (Å²) in [5.41, 5.74) is 7.35. The van der Waals surface area contributed by atoms with Crippen molar-refractivity contribution in [1.29, 1.82) is 0 Å². The van der Waals surface area contributed by atoms with Crippen LogP contribution in [0.1, 0.15) is 56.7 Å². The van der Waals surface area contributed by atoms with Crippen LogP contribution in [0.5, 0.6) is 0 Å². The summed E-state index contributed by atoms with van der Waals surface area (Å²) in [4.78, 5) is 66.8. The number of nitrogens with zero attached hydrogens (tertiary/aromatic N) is 1. The predicted octanol–water partition coefficient (Wildman–Crippen LogP) is 2.02. The number of primary amides is 1. The monoisotopic (exact) mass is 719 g/mol. The average molecular weight is 721 g/mol. The largest absolute Gasteiger partial charge is 0.444 e. The van der Waals surface area contributed by atoms with Gasteiger partial charge >= 0.3 is 6.09 Å². The number of amides is 5. The first-order valence-electron chi connectivity index (χ1n) is 14.7. The van der Waals surface area contributed by atoms with Crippen molar-refractivity contribution < 1.29 is 37.1 Å². The summed E-state index contributed by atoms with van der Waals surface area (Å²) in [6, 6.07) is 6.52. The van der Waals surface area contributed by atoms with Crippen molar-refractivity contribution in [2.75, 3.05) is 11.2 Å². The van der Waals surface area contributed by atoms with Gasteiger partial charge in [-0.05, 0) is 81.0 Å². The van der Waals surface area contributed by atoms with E-state index < -0.39 is 63.3 Å². The van der Waals surface area contributed by atoms with Gasteiger partial charge in [0.15, 0.2) is 9.84 Å². The third kappa shape index (κ3) is 8.63. The van der Waals surface area contributed by atoms with Crippen LogP contribution >= 0.6 is 15.9 Å². The molecular formula is C31H38BrN5O8S. The summed E-state index contributed by atoms with van der Waals surface area (Å²) in [5.74, 6) is -2.36. The predicted molar refractivity (Wildman–Crippen MR) is 172 cm³/mol. The lowest BCUT2D eigenvalue weighted by Gasteiger charge is -2.29. The minimum Gasteiger partial charge on any atom is -0.444 e. The number of nitrogens with two attached hydrogens (primary N) is 1. The molecular weight excluding hydrogens is 682 g/mol. The maximum atomic E-state index is 13.9. The molecule has 0 spiro atoms. The second-order valence-corrected chi connectivity index (χ2v) is 15.4. The Hall–Kier alpha value is -3.98. The number of alkyl carbamates (subject to hydrolysis) is 1. The SMILES string of the molecule is CC(C)(C)OC(=O)N[C@H]1CCc2cc(Br)cc3c2N(C1=O)[C@H](C(=O)N[C@@H](CCC(N)=O)C(=O)NCc1ccc(S(C)(=O)=O)cc1)C3. The first-order chi connectivity index (χ1) is 21.4. The van der Waals surface area contributed by atoms with Crippen LogP contribution in [0.15, 0.2) is 45.8 Å². The number of nitrogens with one attached hydrogen (secondary N) is 3. The second kappa shape index (κ2) is 13.8. The minimum absolute atomic E-state index is 0.0285. The number of halogens is 1. The Balaban J connectivity index is 1.54. The Morgan fingerprint density at radius 3 is 2.37 bits per heavy atom. The molecule has 0 saturated carbocycles. The van der Waals surface area contributed by atoms with Gasteiger partial charge in [0.2, 0.25) is 23.6 Å². The molecule has 13 nitrogen and oxygen atoms in total. The fourth-order valence-corrected chi connectivity index (χ4v) is 6.65. The highest BCUT2D eigenvalue weighted by molar-refractivity contribution is 9.10. The van der Waals surface area contributed by atoms with Gasteiger partial charge in [0.25, 0.3) is 0 Å². The number of sulfone groups is 1. The lowest BCUT2D eigenvalue weighted by molar-refractivity contribution is -0.131. The zero-order valence-corrected chi connectivity index (χ0v) is 28.4. The van der Waals surface area contributed by atoms with E-state index in [1.165, 1.54) is 17.0 Å². The zero-order chi connectivity index (χ0) is 34.0. The molecule has 0 bridgehead atoms. The Labute approximate surface area is 276 Å². The number of anilines is 1. The number of aryl methyl sites for hydroxylation is 1. The highest BCUT2D eigenvalue weighted by Gasteiger charge is 2.45. The van der Waals surface area contributed by atoms with E-state index >= 15 is 0 Å². The fourth-order valence-electron chi connectivity index (χ4n) is 5.47. The third-order valence-electron chi connectivity index (χ3n) is 7.56. The topological polar surface area (TPSA) is 194 Å². The van der Waals surface area contributed by atoms with E-state index in [4.69, 9.17) is 10.5 Å². The van der Waals surface area contributed by atoms with Crippen LogP contribution in [-0.4, -0.2) is 68.1 Å². The molecule has 5 amide bonds. The van der Waals surface area contributed by atoms with Gasteiger partial charge in [-0.15, -0.1) is 0 Å². The molecule has 0 saturated heterocycles. The number of benzene rings is 2. The molecule has 0 radical (unpaired) electrons. The van der Waals surface area contributed by atoms with Crippen molar-refractivity contribution in [2.45, 2.75) is 88.0 Å². The second-order valence-electron chi connectivity index (χ2n) is 12.4. The lowest BCUT2D eigenvalue weighted by atomic mass is 10.0. The van der Waals surface area contributed by atoms with Gasteiger partial charge in [-0.25, -0.2) is 13.2 Å². The molecule has 2 heterocycles. The van der Waals surface area contributed by atoms with Gasteiger partial charge in [0.05, 0.1) is 10.6 Å². The van der Waals surface area contributed by atoms with E-state index in [-0.39, 0.29) is 37.1 Å². The maximum Gasteiger partial charge on any atom is 0.408 e. The first-order valence-corrected chi connectivity index (χ1v) is 17.4. The van der Waals surface area contributed by atoms with E-state index in [2.05, 4.69) is 31.9 Å². The first kappa shape index (κ1) is 34.9. The van der Waals surface area contributed by atoms with Gasteiger partial charge in [-0.2, -0.15) is 0 Å². The Kier molecular flexibility index (Phi) is 10.5. The van der Waals surface area contributed by atoms with E-state index in [0.717, 1.165) is 21.9 Å². The zero-order valence-electron chi connectivity index (χ0n) is 26.0. The summed E-state index contributed by atoms with van der Waals surface area (Å²) in [6.45, 7) is 5.16. The molecule has 5 N–H and O–H groups in total. The van der Waals surface area contributed by atoms with E-state index in [0.29, 0.717) is 17.7 Å². The molecule has 2 aliphatic heterocycles. The van der Waals surface area contributed by atoms with Crippen molar-refractivity contribution >= 4 is 61.2 Å². The molecule has 248 valence electrons. The van der Waals surface area contributed by atoms with Gasteiger partial charge in [0, 0.05) is 30.1 Å². The van der Waals surface area contributed by atoms with E-state index in [1.54, 1.807) is 32.9 Å².